The molecule has 0 saturated heterocycles. The van der Waals surface area contributed by atoms with Crippen LogP contribution < -0.4 is 4.72 Å². The van der Waals surface area contributed by atoms with Crippen molar-refractivity contribution in [2.24, 2.45) is 11.8 Å². The van der Waals surface area contributed by atoms with Crippen LogP contribution in [0.1, 0.15) is 51.4 Å². The molecule has 0 radical (unpaired) electrons. The fourth-order valence-corrected chi connectivity index (χ4v) is 4.80. The van der Waals surface area contributed by atoms with Crippen LogP contribution in [0.4, 0.5) is 0 Å². The zero-order chi connectivity index (χ0) is 13.0. The molecule has 0 spiro atoms. The van der Waals surface area contributed by atoms with E-state index in [4.69, 9.17) is 0 Å². The van der Waals surface area contributed by atoms with Crippen molar-refractivity contribution in [3.8, 4) is 0 Å². The number of sulfonamides is 1. The van der Waals surface area contributed by atoms with Crippen LogP contribution in [0.3, 0.4) is 0 Å². The van der Waals surface area contributed by atoms with Gasteiger partial charge in [-0.3, -0.25) is 0 Å². The molecule has 0 aliphatic heterocycles. The average molecular weight is 275 g/mol. The van der Waals surface area contributed by atoms with Crippen LogP contribution in [-0.4, -0.2) is 31.9 Å². The highest BCUT2D eigenvalue weighted by atomic mass is 32.2. The van der Waals surface area contributed by atoms with E-state index in [0.29, 0.717) is 24.1 Å². The molecule has 0 bridgehead atoms. The van der Waals surface area contributed by atoms with E-state index < -0.39 is 10.0 Å². The van der Waals surface area contributed by atoms with Gasteiger partial charge < -0.3 is 5.11 Å². The van der Waals surface area contributed by atoms with Crippen LogP contribution >= 0.6 is 0 Å². The van der Waals surface area contributed by atoms with Gasteiger partial charge in [-0.05, 0) is 43.9 Å². The SMILES string of the molecule is O=S(=O)(CC1CCCC1)NCC1CCCC(O)C1. The standard InChI is InChI=1S/C13H25NO3S/c15-13-7-3-6-12(8-13)9-14-18(16,17)10-11-4-1-2-5-11/h11-15H,1-10H2. The summed E-state index contributed by atoms with van der Waals surface area (Å²) in [4.78, 5) is 0. The summed E-state index contributed by atoms with van der Waals surface area (Å²) in [6.45, 7) is 0.506. The van der Waals surface area contributed by atoms with Crippen LogP contribution in [0.5, 0.6) is 0 Å². The van der Waals surface area contributed by atoms with Gasteiger partial charge in [-0.25, -0.2) is 13.1 Å². The van der Waals surface area contributed by atoms with Gasteiger partial charge in [0.1, 0.15) is 0 Å². The zero-order valence-electron chi connectivity index (χ0n) is 11.0. The molecule has 0 aromatic heterocycles. The second-order valence-corrected chi connectivity index (χ2v) is 7.82. The van der Waals surface area contributed by atoms with Gasteiger partial charge in [0.15, 0.2) is 0 Å². The maximum Gasteiger partial charge on any atom is 0.211 e. The Morgan fingerprint density at radius 2 is 1.67 bits per heavy atom. The number of nitrogens with one attached hydrogen (secondary N) is 1. The first-order chi connectivity index (χ1) is 8.55. The first-order valence-corrected chi connectivity index (χ1v) is 8.86. The minimum Gasteiger partial charge on any atom is -0.393 e. The number of hydrogen-bond acceptors (Lipinski definition) is 3. The van der Waals surface area contributed by atoms with E-state index in [1.54, 1.807) is 0 Å². The Kier molecular flexibility index (Phi) is 5.04. The smallest absolute Gasteiger partial charge is 0.211 e. The molecular weight excluding hydrogens is 250 g/mol. The van der Waals surface area contributed by atoms with Crippen molar-refractivity contribution >= 4 is 10.0 Å². The van der Waals surface area contributed by atoms with E-state index in [1.807, 2.05) is 0 Å². The predicted molar refractivity (Wildman–Crippen MR) is 71.7 cm³/mol. The molecule has 2 fully saturated rings. The highest BCUT2D eigenvalue weighted by Crippen LogP contribution is 2.26. The van der Waals surface area contributed by atoms with Crippen molar-refractivity contribution in [1.29, 1.82) is 0 Å². The maximum absolute atomic E-state index is 11.9. The summed E-state index contributed by atoms with van der Waals surface area (Å²) < 4.78 is 26.6. The third-order valence-electron chi connectivity index (χ3n) is 4.28. The summed E-state index contributed by atoms with van der Waals surface area (Å²) in [6, 6.07) is 0. The number of rotatable bonds is 5. The van der Waals surface area contributed by atoms with E-state index in [9.17, 15) is 13.5 Å². The van der Waals surface area contributed by atoms with Gasteiger partial charge in [0.05, 0.1) is 11.9 Å². The Hall–Kier alpha value is -0.130. The molecule has 2 N–H and O–H groups in total. The van der Waals surface area contributed by atoms with Crippen LogP contribution in [0.25, 0.3) is 0 Å². The van der Waals surface area contributed by atoms with E-state index in [0.717, 1.165) is 38.5 Å². The van der Waals surface area contributed by atoms with Crippen LogP contribution in [0.2, 0.25) is 0 Å². The third kappa shape index (κ3) is 4.52. The highest BCUT2D eigenvalue weighted by Gasteiger charge is 2.25. The highest BCUT2D eigenvalue weighted by molar-refractivity contribution is 7.89. The van der Waals surface area contributed by atoms with Crippen LogP contribution in [0.15, 0.2) is 0 Å². The molecule has 0 amide bonds. The fourth-order valence-electron chi connectivity index (χ4n) is 3.24. The molecule has 2 aliphatic carbocycles. The first-order valence-electron chi connectivity index (χ1n) is 7.20. The van der Waals surface area contributed by atoms with Crippen molar-refractivity contribution in [2.45, 2.75) is 57.5 Å². The molecule has 0 heterocycles. The molecule has 5 heteroatoms. The minimum absolute atomic E-state index is 0.233. The number of aliphatic hydroxyl groups is 1. The van der Waals surface area contributed by atoms with Crippen molar-refractivity contribution in [1.82, 2.24) is 4.72 Å². The summed E-state index contributed by atoms with van der Waals surface area (Å²) in [7, 11) is -3.11. The van der Waals surface area contributed by atoms with Crippen LogP contribution in [0, 0.1) is 11.8 Å². The lowest BCUT2D eigenvalue weighted by Crippen LogP contribution is -2.35. The first kappa shape index (κ1) is 14.3. The van der Waals surface area contributed by atoms with Crippen molar-refractivity contribution in [3.63, 3.8) is 0 Å². The monoisotopic (exact) mass is 275 g/mol. The summed E-state index contributed by atoms with van der Waals surface area (Å²) in [5, 5.41) is 9.56. The molecule has 2 saturated carbocycles. The van der Waals surface area contributed by atoms with Gasteiger partial charge in [0, 0.05) is 6.54 Å². The summed E-state index contributed by atoms with van der Waals surface area (Å²) >= 11 is 0. The Morgan fingerprint density at radius 1 is 1.00 bits per heavy atom. The quantitative estimate of drug-likeness (QED) is 0.801. The number of hydrogen-bond donors (Lipinski definition) is 2. The molecule has 2 rings (SSSR count). The Balaban J connectivity index is 1.73. The Labute approximate surface area is 110 Å². The predicted octanol–water partition coefficient (Wildman–Crippen LogP) is 1.65. The second kappa shape index (κ2) is 6.35. The molecule has 106 valence electrons. The number of aliphatic hydroxyl groups excluding tert-OH is 1. The third-order valence-corrected chi connectivity index (χ3v) is 5.79. The lowest BCUT2D eigenvalue weighted by atomic mass is 9.87. The topological polar surface area (TPSA) is 66.4 Å². The molecule has 2 unspecified atom stereocenters. The maximum atomic E-state index is 11.9. The van der Waals surface area contributed by atoms with Gasteiger partial charge in [-0.15, -0.1) is 0 Å². The Morgan fingerprint density at radius 3 is 2.33 bits per heavy atom. The molecule has 4 nitrogen and oxygen atoms in total. The van der Waals surface area contributed by atoms with E-state index in [-0.39, 0.29) is 6.10 Å². The van der Waals surface area contributed by atoms with Crippen molar-refractivity contribution < 1.29 is 13.5 Å². The normalized spacial score (nSPS) is 30.7. The molecule has 0 aromatic rings. The van der Waals surface area contributed by atoms with E-state index in [1.165, 1.54) is 12.8 Å². The summed E-state index contributed by atoms with van der Waals surface area (Å²) in [5.41, 5.74) is 0. The fraction of sp³-hybridized carbons (Fsp3) is 1.00. The summed E-state index contributed by atoms with van der Waals surface area (Å²) in [6.07, 6.45) is 7.88. The van der Waals surface area contributed by atoms with Crippen molar-refractivity contribution in [2.75, 3.05) is 12.3 Å². The van der Waals surface area contributed by atoms with E-state index in [2.05, 4.69) is 4.72 Å². The lowest BCUT2D eigenvalue weighted by molar-refractivity contribution is 0.102. The molecule has 2 aliphatic rings. The minimum atomic E-state index is -3.11. The lowest BCUT2D eigenvalue weighted by Gasteiger charge is -2.26. The van der Waals surface area contributed by atoms with Gasteiger partial charge in [0.25, 0.3) is 0 Å². The van der Waals surface area contributed by atoms with Gasteiger partial charge in [-0.2, -0.15) is 0 Å². The average Bonchev–Trinajstić information content (AvgIpc) is 2.79. The summed E-state index contributed by atoms with van der Waals surface area (Å²) in [5.74, 6) is 0.967. The van der Waals surface area contributed by atoms with Gasteiger partial charge in [-0.1, -0.05) is 19.3 Å². The Bertz CT molecular complexity index is 349. The second-order valence-electron chi connectivity index (χ2n) is 5.97. The largest absolute Gasteiger partial charge is 0.393 e. The molecule has 18 heavy (non-hydrogen) atoms. The van der Waals surface area contributed by atoms with Crippen molar-refractivity contribution in [3.05, 3.63) is 0 Å². The van der Waals surface area contributed by atoms with Gasteiger partial charge in [0.2, 0.25) is 10.0 Å². The molecular formula is C13H25NO3S. The van der Waals surface area contributed by atoms with E-state index >= 15 is 0 Å². The molecule has 2 atom stereocenters. The molecule has 0 aromatic carbocycles. The zero-order valence-corrected chi connectivity index (χ0v) is 11.8. The van der Waals surface area contributed by atoms with Crippen LogP contribution in [-0.2, 0) is 10.0 Å². The van der Waals surface area contributed by atoms with Gasteiger partial charge >= 0.3 is 0 Å².